The van der Waals surface area contributed by atoms with Gasteiger partial charge in [0.2, 0.25) is 6.10 Å². The van der Waals surface area contributed by atoms with Crippen LogP contribution < -0.4 is 25.6 Å². The lowest BCUT2D eigenvalue weighted by Crippen LogP contribution is -2.71. The molecule has 3 aliphatic rings. The van der Waals surface area contributed by atoms with Crippen molar-refractivity contribution < 1.29 is 33.7 Å². The number of thioether (sulfide) groups is 1. The molecule has 3 atom stereocenters. The Morgan fingerprint density at radius 2 is 1.54 bits per heavy atom. The second-order valence-electron chi connectivity index (χ2n) is 13.3. The van der Waals surface area contributed by atoms with Crippen molar-refractivity contribution in [2.24, 2.45) is 5.16 Å². The van der Waals surface area contributed by atoms with E-state index in [0.29, 0.717) is 29.4 Å². The van der Waals surface area contributed by atoms with Crippen LogP contribution in [0.5, 0.6) is 0 Å². The van der Waals surface area contributed by atoms with Gasteiger partial charge in [-0.15, -0.1) is 23.1 Å². The quantitative estimate of drug-likeness (QED) is 0.0535. The summed E-state index contributed by atoms with van der Waals surface area (Å²) >= 11 is 2.59. The fourth-order valence-corrected chi connectivity index (χ4v) is 9.22. The number of nitrogens with one attached hydrogen (secondary N) is 3. The van der Waals surface area contributed by atoms with Gasteiger partial charge in [0.1, 0.15) is 22.6 Å². The molecule has 15 heteroatoms. The van der Waals surface area contributed by atoms with Crippen molar-refractivity contribution in [2.75, 3.05) is 17.6 Å². The number of β-lactam (4-membered cyclic amide) rings is 1. The summed E-state index contributed by atoms with van der Waals surface area (Å²) in [6, 6.07) is 34.3. The maximum Gasteiger partial charge on any atom is 0.276 e. The summed E-state index contributed by atoms with van der Waals surface area (Å²) in [6.45, 7) is 0.657. The van der Waals surface area contributed by atoms with Gasteiger partial charge in [0.05, 0.1) is 11.7 Å². The van der Waals surface area contributed by atoms with Crippen LogP contribution in [-0.4, -0.2) is 69.1 Å². The molecular formula is C41H35N7O6S2. The zero-order valence-electron chi connectivity index (χ0n) is 29.7. The largest absolute Gasteiger partial charge is 0.543 e. The lowest BCUT2D eigenvalue weighted by atomic mass is 9.77. The van der Waals surface area contributed by atoms with Crippen LogP contribution in [0.1, 0.15) is 28.8 Å². The van der Waals surface area contributed by atoms with E-state index in [1.165, 1.54) is 28.0 Å². The van der Waals surface area contributed by atoms with E-state index in [2.05, 4.69) is 21.1 Å². The molecule has 3 aromatic carbocycles. The summed E-state index contributed by atoms with van der Waals surface area (Å²) in [5.41, 5.74) is 2.17. The first kappa shape index (κ1) is 36.6. The second kappa shape index (κ2) is 15.8. The third-order valence-corrected chi connectivity index (χ3v) is 11.9. The van der Waals surface area contributed by atoms with Gasteiger partial charge in [-0.25, -0.2) is 9.55 Å². The predicted octanol–water partition coefficient (Wildman–Crippen LogP) is 2.55. The summed E-state index contributed by atoms with van der Waals surface area (Å²) in [5.74, 6) is -2.89. The molecule has 282 valence electrons. The number of carboxylic acids is 1. The van der Waals surface area contributed by atoms with Gasteiger partial charge >= 0.3 is 0 Å². The van der Waals surface area contributed by atoms with Crippen LogP contribution in [0.4, 0.5) is 5.13 Å². The van der Waals surface area contributed by atoms with Crippen molar-refractivity contribution in [1.82, 2.24) is 20.5 Å². The lowest BCUT2D eigenvalue weighted by molar-refractivity contribution is -0.689. The fraction of sp³-hybridized carbons (Fsp3) is 0.195. The Balaban J connectivity index is 1.10. The molecule has 8 rings (SSSR count). The molecule has 3 amide bonds. The molecule has 0 spiro atoms. The highest BCUT2D eigenvalue weighted by Gasteiger charge is 2.53. The van der Waals surface area contributed by atoms with E-state index in [-0.39, 0.29) is 29.6 Å². The molecule has 0 aliphatic carbocycles. The number of amides is 3. The number of pyridine rings is 1. The minimum absolute atomic E-state index is 0.147. The Morgan fingerprint density at radius 1 is 0.929 bits per heavy atom. The molecule has 3 N–H and O–H groups in total. The fourth-order valence-electron chi connectivity index (χ4n) is 7.14. The SMILES string of the molecule is O=C([O-])C1=C(C[n+]2ccccc2)CS[C@H]2[C@H](NC(=O)/C(=N\OC3CCNC3=O)c3csc(NC(c4ccccc4)(c4ccccc4)c4ccccc4)n3)C(=O)N12. The summed E-state index contributed by atoms with van der Waals surface area (Å²) < 4.78 is 1.82. The smallest absolute Gasteiger partial charge is 0.276 e. The van der Waals surface area contributed by atoms with Gasteiger partial charge in [-0.3, -0.25) is 19.3 Å². The average molecular weight is 786 g/mol. The van der Waals surface area contributed by atoms with Crippen molar-refractivity contribution in [3.8, 4) is 0 Å². The molecule has 2 saturated heterocycles. The van der Waals surface area contributed by atoms with Crippen molar-refractivity contribution in [3.63, 3.8) is 0 Å². The van der Waals surface area contributed by atoms with Crippen LogP contribution in [0.3, 0.4) is 0 Å². The molecule has 3 aliphatic heterocycles. The maximum atomic E-state index is 14.1. The summed E-state index contributed by atoms with van der Waals surface area (Å²) in [4.78, 5) is 64.1. The lowest BCUT2D eigenvalue weighted by Gasteiger charge is -2.50. The molecule has 13 nitrogen and oxygen atoms in total. The molecular weight excluding hydrogens is 751 g/mol. The Hall–Kier alpha value is -6.32. The number of aliphatic carboxylic acids is 1. The van der Waals surface area contributed by atoms with E-state index in [9.17, 15) is 24.3 Å². The summed E-state index contributed by atoms with van der Waals surface area (Å²) in [5, 5.41) is 27.1. The van der Waals surface area contributed by atoms with Gasteiger partial charge < -0.3 is 30.7 Å². The van der Waals surface area contributed by atoms with Crippen molar-refractivity contribution in [3.05, 3.63) is 161 Å². The van der Waals surface area contributed by atoms with E-state index in [0.717, 1.165) is 16.7 Å². The Labute approximate surface area is 330 Å². The molecule has 2 aromatic heterocycles. The van der Waals surface area contributed by atoms with Crippen LogP contribution in [0, 0.1) is 0 Å². The number of hydrogen-bond acceptors (Lipinski definition) is 11. The standard InChI is InChI=1S/C41H35N7O6S2/c49-35-31(19-20-42-35)54-46-32(36(50)44-33-37(51)48-34(39(52)53)26(24-55-38(33)48)23-47-21-11-4-12-22-47)30-25-56-40(43-30)45-41(27-13-5-1-6-14-27,28-15-7-2-8-16-28)29-17-9-3-10-18-29/h1-18,21-22,25,31,33,38H,19-20,23-24H2,(H3-,42,43,44,45,49,50,52,53)/b46-32-/t31?,33-,38+/m1/s1. The van der Waals surface area contributed by atoms with Gasteiger partial charge in [-0.2, -0.15) is 0 Å². The molecule has 1 unspecified atom stereocenters. The number of rotatable bonds is 13. The zero-order valence-corrected chi connectivity index (χ0v) is 31.4. The van der Waals surface area contributed by atoms with Gasteiger partial charge in [0.25, 0.3) is 17.7 Å². The monoisotopic (exact) mass is 785 g/mol. The number of benzene rings is 3. The number of fused-ring (bicyclic) bond motifs is 1. The molecule has 2 fully saturated rings. The highest BCUT2D eigenvalue weighted by atomic mass is 32.2. The first-order valence-corrected chi connectivity index (χ1v) is 19.8. The number of anilines is 1. The number of carbonyl (C=O) groups is 4. The highest BCUT2D eigenvalue weighted by molar-refractivity contribution is 8.00. The van der Waals surface area contributed by atoms with E-state index in [1.807, 2.05) is 114 Å². The Bertz CT molecular complexity index is 2230. The van der Waals surface area contributed by atoms with Crippen LogP contribution in [-0.2, 0) is 36.1 Å². The molecule has 0 radical (unpaired) electrons. The molecule has 5 aromatic rings. The molecule has 0 bridgehead atoms. The Morgan fingerprint density at radius 3 is 2.11 bits per heavy atom. The third-order valence-electron chi connectivity index (χ3n) is 9.82. The van der Waals surface area contributed by atoms with E-state index in [4.69, 9.17) is 9.82 Å². The van der Waals surface area contributed by atoms with Gasteiger partial charge in [0, 0.05) is 41.8 Å². The minimum atomic E-state index is -1.47. The number of thiazole rings is 1. The summed E-state index contributed by atoms with van der Waals surface area (Å²) in [6.07, 6.45) is 3.05. The van der Waals surface area contributed by atoms with E-state index >= 15 is 0 Å². The van der Waals surface area contributed by atoms with Crippen molar-refractivity contribution in [1.29, 1.82) is 0 Å². The minimum Gasteiger partial charge on any atom is -0.543 e. The molecule has 0 saturated carbocycles. The van der Waals surface area contributed by atoms with Gasteiger partial charge in [-0.05, 0) is 16.7 Å². The highest BCUT2D eigenvalue weighted by Crippen LogP contribution is 2.42. The van der Waals surface area contributed by atoms with Crippen molar-refractivity contribution >= 4 is 57.6 Å². The molecule has 56 heavy (non-hydrogen) atoms. The van der Waals surface area contributed by atoms with Crippen LogP contribution in [0.15, 0.2) is 143 Å². The summed E-state index contributed by atoms with van der Waals surface area (Å²) in [7, 11) is 0. The third kappa shape index (κ3) is 7.02. The zero-order chi connectivity index (χ0) is 38.6. The number of carbonyl (C=O) groups excluding carboxylic acids is 4. The Kier molecular flexibility index (Phi) is 10.3. The number of hydrogen-bond donors (Lipinski definition) is 3. The average Bonchev–Trinajstić information content (AvgIpc) is 3.88. The van der Waals surface area contributed by atoms with Crippen LogP contribution in [0.2, 0.25) is 0 Å². The van der Waals surface area contributed by atoms with E-state index < -0.39 is 40.8 Å². The molecule has 5 heterocycles. The van der Waals surface area contributed by atoms with Crippen LogP contribution >= 0.6 is 23.1 Å². The van der Waals surface area contributed by atoms with Gasteiger partial charge in [-0.1, -0.05) is 102 Å². The topological polar surface area (TPSA) is 169 Å². The van der Waals surface area contributed by atoms with Crippen LogP contribution in [0.25, 0.3) is 0 Å². The second-order valence-corrected chi connectivity index (χ2v) is 15.2. The first-order chi connectivity index (χ1) is 27.3. The number of carboxylic acid groups (broad SMARTS) is 1. The normalized spacial score (nSPS) is 19.5. The van der Waals surface area contributed by atoms with Crippen molar-refractivity contribution in [2.45, 2.75) is 36.0 Å². The van der Waals surface area contributed by atoms with Gasteiger partial charge in [0.15, 0.2) is 29.8 Å². The number of nitrogens with zero attached hydrogens (tertiary/aromatic N) is 4. The number of aromatic nitrogens is 2. The first-order valence-electron chi connectivity index (χ1n) is 17.9. The predicted molar refractivity (Wildman–Crippen MR) is 208 cm³/mol. The maximum absolute atomic E-state index is 14.1. The van der Waals surface area contributed by atoms with E-state index in [1.54, 1.807) is 17.8 Å². The number of oxime groups is 1.